The molecule has 0 bridgehead atoms. The molecule has 0 aliphatic heterocycles. The molecule has 0 heterocycles. The van der Waals surface area contributed by atoms with Crippen LogP contribution >= 0.6 is 0 Å². The van der Waals surface area contributed by atoms with Crippen LogP contribution in [0.25, 0.3) is 0 Å². The van der Waals surface area contributed by atoms with Gasteiger partial charge in [-0.2, -0.15) is 0 Å². The quantitative estimate of drug-likeness (QED) is 0.652. The van der Waals surface area contributed by atoms with E-state index in [1.54, 1.807) is 4.90 Å². The maximum atomic E-state index is 11.9. The molecule has 0 saturated carbocycles. The van der Waals surface area contributed by atoms with E-state index in [0.29, 0.717) is 25.4 Å². The van der Waals surface area contributed by atoms with Crippen LogP contribution in [0.1, 0.15) is 60.3 Å². The summed E-state index contributed by atoms with van der Waals surface area (Å²) in [5.41, 5.74) is 1.35. The predicted octanol–water partition coefficient (Wildman–Crippen LogP) is 3.38. The van der Waals surface area contributed by atoms with Gasteiger partial charge in [-0.25, -0.2) is 0 Å². The molecule has 1 N–H and O–H groups in total. The topological polar surface area (TPSA) is 40.5 Å². The SMILES string of the molecule is CCN(CC)C(=O)C(O)CCC(C)CCC=C(C)C. The van der Waals surface area contributed by atoms with Crippen LogP contribution in [-0.4, -0.2) is 35.1 Å². The molecule has 2 atom stereocenters. The summed E-state index contributed by atoms with van der Waals surface area (Å²) >= 11 is 0. The van der Waals surface area contributed by atoms with Crippen molar-refractivity contribution in [3.05, 3.63) is 11.6 Å². The van der Waals surface area contributed by atoms with Gasteiger partial charge in [0.1, 0.15) is 6.10 Å². The molecule has 0 fully saturated rings. The van der Waals surface area contributed by atoms with Crippen molar-refractivity contribution < 1.29 is 9.90 Å². The molecule has 0 aromatic carbocycles. The Balaban J connectivity index is 3.98. The van der Waals surface area contributed by atoms with Gasteiger partial charge in [-0.15, -0.1) is 0 Å². The number of rotatable bonds is 9. The molecular formula is C16H31NO2. The van der Waals surface area contributed by atoms with Crippen LogP contribution in [-0.2, 0) is 4.79 Å². The zero-order valence-corrected chi connectivity index (χ0v) is 13.3. The number of hydrogen-bond donors (Lipinski definition) is 1. The van der Waals surface area contributed by atoms with Crippen molar-refractivity contribution in [1.29, 1.82) is 0 Å². The summed E-state index contributed by atoms with van der Waals surface area (Å²) in [6.45, 7) is 11.6. The zero-order chi connectivity index (χ0) is 14.8. The summed E-state index contributed by atoms with van der Waals surface area (Å²) < 4.78 is 0. The molecule has 19 heavy (non-hydrogen) atoms. The molecular weight excluding hydrogens is 238 g/mol. The van der Waals surface area contributed by atoms with E-state index in [-0.39, 0.29) is 5.91 Å². The molecule has 3 heteroatoms. The van der Waals surface area contributed by atoms with E-state index in [2.05, 4.69) is 26.8 Å². The minimum atomic E-state index is -0.828. The van der Waals surface area contributed by atoms with Crippen molar-refractivity contribution >= 4 is 5.91 Å². The van der Waals surface area contributed by atoms with Crippen LogP contribution in [0.5, 0.6) is 0 Å². The highest BCUT2D eigenvalue weighted by Gasteiger charge is 2.20. The zero-order valence-electron chi connectivity index (χ0n) is 13.3. The lowest BCUT2D eigenvalue weighted by Crippen LogP contribution is -2.39. The van der Waals surface area contributed by atoms with Gasteiger partial charge in [0.15, 0.2) is 0 Å². The van der Waals surface area contributed by atoms with Gasteiger partial charge in [-0.1, -0.05) is 18.6 Å². The molecule has 0 aliphatic rings. The van der Waals surface area contributed by atoms with E-state index in [4.69, 9.17) is 0 Å². The lowest BCUT2D eigenvalue weighted by atomic mass is 9.97. The predicted molar refractivity (Wildman–Crippen MR) is 81.0 cm³/mol. The number of nitrogens with zero attached hydrogens (tertiary/aromatic N) is 1. The normalized spacial score (nSPS) is 13.8. The average Bonchev–Trinajstić information content (AvgIpc) is 2.36. The number of aliphatic hydroxyl groups is 1. The fraction of sp³-hybridized carbons (Fsp3) is 0.812. The fourth-order valence-electron chi connectivity index (χ4n) is 2.11. The molecule has 2 unspecified atom stereocenters. The van der Waals surface area contributed by atoms with Crippen molar-refractivity contribution in [3.8, 4) is 0 Å². The maximum absolute atomic E-state index is 11.9. The third kappa shape index (κ3) is 8.04. The largest absolute Gasteiger partial charge is 0.383 e. The van der Waals surface area contributed by atoms with Gasteiger partial charge in [0.05, 0.1) is 0 Å². The number of likely N-dealkylation sites (N-methyl/N-ethyl adjacent to an activating group) is 1. The van der Waals surface area contributed by atoms with E-state index >= 15 is 0 Å². The first kappa shape index (κ1) is 18.2. The number of amides is 1. The van der Waals surface area contributed by atoms with E-state index in [0.717, 1.165) is 19.3 Å². The summed E-state index contributed by atoms with van der Waals surface area (Å²) in [7, 11) is 0. The lowest BCUT2D eigenvalue weighted by molar-refractivity contribution is -0.140. The van der Waals surface area contributed by atoms with E-state index in [9.17, 15) is 9.90 Å². The van der Waals surface area contributed by atoms with Crippen LogP contribution in [0.2, 0.25) is 0 Å². The first-order valence-electron chi connectivity index (χ1n) is 7.52. The van der Waals surface area contributed by atoms with Crippen molar-refractivity contribution in [2.45, 2.75) is 66.4 Å². The second-order valence-electron chi connectivity index (χ2n) is 5.57. The van der Waals surface area contributed by atoms with Crippen molar-refractivity contribution in [2.75, 3.05) is 13.1 Å². The second kappa shape index (κ2) is 10.0. The van der Waals surface area contributed by atoms with Gasteiger partial charge in [0, 0.05) is 13.1 Å². The first-order valence-corrected chi connectivity index (χ1v) is 7.52. The highest BCUT2D eigenvalue weighted by Crippen LogP contribution is 2.16. The Morgan fingerprint density at radius 2 is 1.74 bits per heavy atom. The first-order chi connectivity index (χ1) is 8.92. The highest BCUT2D eigenvalue weighted by atomic mass is 16.3. The Bertz CT molecular complexity index is 278. The minimum Gasteiger partial charge on any atom is -0.383 e. The van der Waals surface area contributed by atoms with Crippen LogP contribution in [0.4, 0.5) is 0 Å². The van der Waals surface area contributed by atoms with Crippen LogP contribution in [0, 0.1) is 5.92 Å². The molecule has 112 valence electrons. The monoisotopic (exact) mass is 269 g/mol. The van der Waals surface area contributed by atoms with Gasteiger partial charge in [-0.05, 0) is 59.3 Å². The number of hydrogen-bond acceptors (Lipinski definition) is 2. The third-order valence-corrected chi connectivity index (χ3v) is 3.51. The molecule has 0 radical (unpaired) electrons. The lowest BCUT2D eigenvalue weighted by Gasteiger charge is -2.22. The summed E-state index contributed by atoms with van der Waals surface area (Å²) in [5.74, 6) is 0.427. The van der Waals surface area contributed by atoms with E-state index in [1.807, 2.05) is 13.8 Å². The van der Waals surface area contributed by atoms with Gasteiger partial charge >= 0.3 is 0 Å². The van der Waals surface area contributed by atoms with Gasteiger partial charge in [0.2, 0.25) is 0 Å². The summed E-state index contributed by atoms with van der Waals surface area (Å²) in [6, 6.07) is 0. The smallest absolute Gasteiger partial charge is 0.251 e. The molecule has 0 saturated heterocycles. The van der Waals surface area contributed by atoms with E-state index < -0.39 is 6.10 Å². The van der Waals surface area contributed by atoms with E-state index in [1.165, 1.54) is 5.57 Å². The van der Waals surface area contributed by atoms with Gasteiger partial charge < -0.3 is 10.0 Å². The highest BCUT2D eigenvalue weighted by molar-refractivity contribution is 5.80. The van der Waals surface area contributed by atoms with Gasteiger partial charge in [0.25, 0.3) is 5.91 Å². The Morgan fingerprint density at radius 1 is 1.16 bits per heavy atom. The Kier molecular flexibility index (Phi) is 9.58. The Morgan fingerprint density at radius 3 is 2.21 bits per heavy atom. The molecule has 3 nitrogen and oxygen atoms in total. The van der Waals surface area contributed by atoms with Crippen LogP contribution < -0.4 is 0 Å². The molecule has 0 aromatic heterocycles. The number of carbonyl (C=O) groups is 1. The number of allylic oxidation sites excluding steroid dienone is 2. The summed E-state index contributed by atoms with van der Waals surface area (Å²) in [4.78, 5) is 13.6. The van der Waals surface area contributed by atoms with Crippen LogP contribution in [0.3, 0.4) is 0 Å². The van der Waals surface area contributed by atoms with Crippen molar-refractivity contribution in [2.24, 2.45) is 5.92 Å². The average molecular weight is 269 g/mol. The van der Waals surface area contributed by atoms with Crippen molar-refractivity contribution in [1.82, 2.24) is 4.90 Å². The molecule has 1 amide bonds. The Labute approximate surface area is 118 Å². The third-order valence-electron chi connectivity index (χ3n) is 3.51. The van der Waals surface area contributed by atoms with Crippen molar-refractivity contribution in [3.63, 3.8) is 0 Å². The Hall–Kier alpha value is -0.830. The molecule has 0 rings (SSSR count). The number of aliphatic hydroxyl groups excluding tert-OH is 1. The fourth-order valence-corrected chi connectivity index (χ4v) is 2.11. The summed E-state index contributed by atoms with van der Waals surface area (Å²) in [6.07, 6.45) is 5.11. The maximum Gasteiger partial charge on any atom is 0.251 e. The standard InChI is InChI=1S/C16H31NO2/c1-6-17(7-2)16(19)15(18)12-11-14(5)10-8-9-13(3)4/h9,14-15,18H,6-8,10-12H2,1-5H3. The minimum absolute atomic E-state index is 0.124. The summed E-state index contributed by atoms with van der Waals surface area (Å²) in [5, 5.41) is 9.91. The number of carbonyl (C=O) groups excluding carboxylic acids is 1. The molecule has 0 spiro atoms. The molecule has 0 aliphatic carbocycles. The van der Waals surface area contributed by atoms with Gasteiger partial charge in [-0.3, -0.25) is 4.79 Å². The second-order valence-corrected chi connectivity index (χ2v) is 5.57. The van der Waals surface area contributed by atoms with Crippen LogP contribution in [0.15, 0.2) is 11.6 Å². The molecule has 0 aromatic rings.